The lowest BCUT2D eigenvalue weighted by Crippen LogP contribution is -2.32. The number of rotatable bonds is 3. The van der Waals surface area contributed by atoms with Crippen LogP contribution in [0.2, 0.25) is 0 Å². The first-order valence-corrected chi connectivity index (χ1v) is 5.78. The van der Waals surface area contributed by atoms with Gasteiger partial charge < -0.3 is 5.73 Å². The Bertz CT molecular complexity index is 106. The molecule has 0 radical (unpaired) electrons. The zero-order chi connectivity index (χ0) is 8.10. The summed E-state index contributed by atoms with van der Waals surface area (Å²) in [4.78, 5) is 0. The highest BCUT2D eigenvalue weighted by molar-refractivity contribution is 9.09. The van der Waals surface area contributed by atoms with Gasteiger partial charge in [0.2, 0.25) is 0 Å². The van der Waals surface area contributed by atoms with Crippen molar-refractivity contribution in [1.29, 1.82) is 0 Å². The van der Waals surface area contributed by atoms with Gasteiger partial charge in [-0.15, -0.1) is 0 Å². The van der Waals surface area contributed by atoms with Crippen LogP contribution < -0.4 is 5.73 Å². The monoisotopic (exact) mass is 219 g/mol. The summed E-state index contributed by atoms with van der Waals surface area (Å²) in [6, 6.07) is 0.503. The first kappa shape index (κ1) is 9.53. The van der Waals surface area contributed by atoms with E-state index in [1.54, 1.807) is 0 Å². The Labute approximate surface area is 77.9 Å². The second-order valence-electron chi connectivity index (χ2n) is 3.54. The van der Waals surface area contributed by atoms with Crippen molar-refractivity contribution in [3.8, 4) is 0 Å². The quantitative estimate of drug-likeness (QED) is 0.727. The molecule has 2 N–H and O–H groups in total. The molecule has 2 unspecified atom stereocenters. The summed E-state index contributed by atoms with van der Waals surface area (Å²) < 4.78 is 0. The highest BCUT2D eigenvalue weighted by atomic mass is 79.9. The number of alkyl halides is 1. The summed E-state index contributed by atoms with van der Waals surface area (Å²) >= 11 is 3.46. The molecule has 1 aliphatic carbocycles. The van der Waals surface area contributed by atoms with Crippen molar-refractivity contribution in [2.24, 2.45) is 11.7 Å². The third kappa shape index (κ3) is 3.12. The topological polar surface area (TPSA) is 26.0 Å². The van der Waals surface area contributed by atoms with E-state index in [0.717, 1.165) is 11.2 Å². The van der Waals surface area contributed by atoms with Gasteiger partial charge in [-0.1, -0.05) is 28.8 Å². The third-order valence-corrected chi connectivity index (χ3v) is 3.24. The van der Waals surface area contributed by atoms with Gasteiger partial charge in [0.05, 0.1) is 0 Å². The fourth-order valence-corrected chi connectivity index (χ4v) is 2.26. The number of nitrogens with two attached hydrogens (primary N) is 1. The lowest BCUT2D eigenvalue weighted by Gasteiger charge is -2.28. The van der Waals surface area contributed by atoms with Crippen molar-refractivity contribution in [3.05, 3.63) is 0 Å². The summed E-state index contributed by atoms with van der Waals surface area (Å²) in [5.74, 6) is 0.821. The molecule has 2 atom stereocenters. The summed E-state index contributed by atoms with van der Waals surface area (Å²) in [6.45, 7) is 0. The van der Waals surface area contributed by atoms with Gasteiger partial charge in [0, 0.05) is 11.4 Å². The van der Waals surface area contributed by atoms with Crippen LogP contribution in [0, 0.1) is 5.92 Å². The predicted octanol–water partition coefficient (Wildman–Crippen LogP) is 2.68. The van der Waals surface area contributed by atoms with Gasteiger partial charge in [-0.2, -0.15) is 0 Å². The molecule has 2 heteroatoms. The summed E-state index contributed by atoms with van der Waals surface area (Å²) in [5, 5.41) is 1.14. The number of hydrogen-bond donors (Lipinski definition) is 1. The van der Waals surface area contributed by atoms with E-state index >= 15 is 0 Å². The van der Waals surface area contributed by atoms with Crippen LogP contribution in [-0.2, 0) is 0 Å². The summed E-state index contributed by atoms with van der Waals surface area (Å²) in [5.41, 5.74) is 6.00. The zero-order valence-corrected chi connectivity index (χ0v) is 8.65. The van der Waals surface area contributed by atoms with Crippen LogP contribution in [0.25, 0.3) is 0 Å². The molecule has 66 valence electrons. The maximum atomic E-state index is 6.00. The molecule has 1 saturated carbocycles. The van der Waals surface area contributed by atoms with Crippen LogP contribution in [0.1, 0.15) is 38.5 Å². The van der Waals surface area contributed by atoms with Crippen molar-refractivity contribution in [3.63, 3.8) is 0 Å². The Balaban J connectivity index is 2.18. The smallest absolute Gasteiger partial charge is 0.00671 e. The minimum atomic E-state index is 0.503. The number of hydrogen-bond acceptors (Lipinski definition) is 1. The first-order valence-electron chi connectivity index (χ1n) is 4.66. The molecular weight excluding hydrogens is 202 g/mol. The highest BCUT2D eigenvalue weighted by Crippen LogP contribution is 2.26. The molecule has 1 rings (SSSR count). The fraction of sp³-hybridized carbons (Fsp3) is 1.00. The highest BCUT2D eigenvalue weighted by Gasteiger charge is 2.20. The molecule has 1 aliphatic rings. The minimum Gasteiger partial charge on any atom is -0.327 e. The summed E-state index contributed by atoms with van der Waals surface area (Å²) in [7, 11) is 0. The molecule has 11 heavy (non-hydrogen) atoms. The van der Waals surface area contributed by atoms with E-state index in [0.29, 0.717) is 6.04 Å². The van der Waals surface area contributed by atoms with E-state index in [9.17, 15) is 0 Å². The van der Waals surface area contributed by atoms with Gasteiger partial charge in [0.15, 0.2) is 0 Å². The molecule has 1 fully saturated rings. The average Bonchev–Trinajstić information content (AvgIpc) is 2.03. The molecule has 1 nitrogen and oxygen atoms in total. The Hall–Kier alpha value is 0.440. The van der Waals surface area contributed by atoms with Gasteiger partial charge in [-0.25, -0.2) is 0 Å². The maximum Gasteiger partial charge on any atom is 0.00671 e. The zero-order valence-electron chi connectivity index (χ0n) is 7.06. The Kier molecular flexibility index (Phi) is 4.46. The molecule has 0 saturated heterocycles. The number of halogens is 1. The van der Waals surface area contributed by atoms with E-state index in [4.69, 9.17) is 5.73 Å². The average molecular weight is 220 g/mol. The predicted molar refractivity (Wildman–Crippen MR) is 53.0 cm³/mol. The molecular formula is C9H18BrN. The third-order valence-electron chi connectivity index (χ3n) is 2.68. The van der Waals surface area contributed by atoms with Gasteiger partial charge in [0.1, 0.15) is 0 Å². The minimum absolute atomic E-state index is 0.503. The van der Waals surface area contributed by atoms with E-state index in [1.807, 2.05) is 0 Å². The van der Waals surface area contributed by atoms with E-state index in [1.165, 1.54) is 38.5 Å². The van der Waals surface area contributed by atoms with Crippen molar-refractivity contribution >= 4 is 15.9 Å². The van der Waals surface area contributed by atoms with Crippen molar-refractivity contribution < 1.29 is 0 Å². The molecule has 0 aromatic carbocycles. The molecule has 0 aliphatic heterocycles. The molecule has 0 aromatic heterocycles. The molecule has 0 aromatic rings. The second kappa shape index (κ2) is 5.15. The molecule has 0 spiro atoms. The van der Waals surface area contributed by atoms with Crippen LogP contribution >= 0.6 is 15.9 Å². The van der Waals surface area contributed by atoms with E-state index < -0.39 is 0 Å². The van der Waals surface area contributed by atoms with Gasteiger partial charge in [-0.3, -0.25) is 0 Å². The van der Waals surface area contributed by atoms with Crippen molar-refractivity contribution in [2.45, 2.75) is 44.6 Å². The normalized spacial score (nSPS) is 32.2. The van der Waals surface area contributed by atoms with Crippen LogP contribution in [-0.4, -0.2) is 11.4 Å². The van der Waals surface area contributed by atoms with E-state index in [2.05, 4.69) is 15.9 Å². The van der Waals surface area contributed by atoms with Crippen LogP contribution in [0.5, 0.6) is 0 Å². The van der Waals surface area contributed by atoms with E-state index in [-0.39, 0.29) is 0 Å². The Morgan fingerprint density at radius 2 is 2.00 bits per heavy atom. The lowest BCUT2D eigenvalue weighted by atomic mass is 9.82. The van der Waals surface area contributed by atoms with Crippen LogP contribution in [0.3, 0.4) is 0 Å². The van der Waals surface area contributed by atoms with Crippen LogP contribution in [0.4, 0.5) is 0 Å². The van der Waals surface area contributed by atoms with Gasteiger partial charge in [0.25, 0.3) is 0 Å². The van der Waals surface area contributed by atoms with Gasteiger partial charge >= 0.3 is 0 Å². The largest absolute Gasteiger partial charge is 0.327 e. The van der Waals surface area contributed by atoms with Crippen molar-refractivity contribution in [2.75, 3.05) is 5.33 Å². The maximum absolute atomic E-state index is 6.00. The molecule has 0 bridgehead atoms. The first-order chi connectivity index (χ1) is 5.34. The van der Waals surface area contributed by atoms with Crippen molar-refractivity contribution in [1.82, 2.24) is 0 Å². The standard InChI is InChI=1S/C9H18BrN/c10-7-3-5-8-4-1-2-6-9(8)11/h8-9H,1-7,11H2. The molecule has 0 amide bonds. The molecule has 0 heterocycles. The Morgan fingerprint density at radius 1 is 1.27 bits per heavy atom. The SMILES string of the molecule is NC1CCCCC1CCCBr. The Morgan fingerprint density at radius 3 is 2.64 bits per heavy atom. The fourth-order valence-electron chi connectivity index (χ4n) is 1.93. The van der Waals surface area contributed by atoms with Gasteiger partial charge in [-0.05, 0) is 31.6 Å². The van der Waals surface area contributed by atoms with Crippen LogP contribution in [0.15, 0.2) is 0 Å². The lowest BCUT2D eigenvalue weighted by molar-refractivity contribution is 0.290. The summed E-state index contributed by atoms with van der Waals surface area (Å²) in [6.07, 6.45) is 8.00. The second-order valence-corrected chi connectivity index (χ2v) is 4.33.